The first-order chi connectivity index (χ1) is 6.25. The summed E-state index contributed by atoms with van der Waals surface area (Å²) >= 11 is 0. The SMILES string of the molecule is CC(N)Cc1ccc2[nH]ccc2c1. The third-order valence-electron chi connectivity index (χ3n) is 2.18. The first kappa shape index (κ1) is 8.32. The number of hydrogen-bond acceptors (Lipinski definition) is 1. The van der Waals surface area contributed by atoms with Crippen LogP contribution in [0.15, 0.2) is 30.5 Å². The fraction of sp³-hybridized carbons (Fsp3) is 0.273. The van der Waals surface area contributed by atoms with Gasteiger partial charge < -0.3 is 10.7 Å². The van der Waals surface area contributed by atoms with Gasteiger partial charge in [-0.1, -0.05) is 6.07 Å². The summed E-state index contributed by atoms with van der Waals surface area (Å²) < 4.78 is 0. The van der Waals surface area contributed by atoms with E-state index in [0.717, 1.165) is 6.42 Å². The maximum absolute atomic E-state index is 5.74. The van der Waals surface area contributed by atoms with E-state index in [1.807, 2.05) is 13.1 Å². The number of hydrogen-bond donors (Lipinski definition) is 2. The average Bonchev–Trinajstić information content (AvgIpc) is 2.49. The zero-order valence-corrected chi connectivity index (χ0v) is 7.75. The van der Waals surface area contributed by atoms with Crippen LogP contribution >= 0.6 is 0 Å². The number of benzene rings is 1. The molecular weight excluding hydrogens is 160 g/mol. The van der Waals surface area contributed by atoms with Gasteiger partial charge in [0.2, 0.25) is 0 Å². The highest BCUT2D eigenvalue weighted by molar-refractivity contribution is 5.79. The summed E-state index contributed by atoms with van der Waals surface area (Å²) in [6.45, 7) is 2.03. The molecule has 3 N–H and O–H groups in total. The number of aromatic nitrogens is 1. The summed E-state index contributed by atoms with van der Waals surface area (Å²) in [5, 5.41) is 1.26. The molecule has 1 atom stereocenters. The average molecular weight is 174 g/mol. The van der Waals surface area contributed by atoms with Crippen LogP contribution in [0.3, 0.4) is 0 Å². The Balaban J connectivity index is 2.37. The van der Waals surface area contributed by atoms with Crippen molar-refractivity contribution in [2.75, 3.05) is 0 Å². The van der Waals surface area contributed by atoms with Crippen molar-refractivity contribution in [2.45, 2.75) is 19.4 Å². The number of nitrogens with one attached hydrogen (secondary N) is 1. The Kier molecular flexibility index (Phi) is 2.07. The molecule has 0 spiro atoms. The Morgan fingerprint density at radius 2 is 2.23 bits per heavy atom. The van der Waals surface area contributed by atoms with Gasteiger partial charge in [-0.3, -0.25) is 0 Å². The number of rotatable bonds is 2. The first-order valence-electron chi connectivity index (χ1n) is 4.57. The number of fused-ring (bicyclic) bond motifs is 1. The summed E-state index contributed by atoms with van der Waals surface area (Å²) in [5.74, 6) is 0. The molecule has 68 valence electrons. The van der Waals surface area contributed by atoms with E-state index in [9.17, 15) is 0 Å². The molecule has 2 rings (SSSR count). The summed E-state index contributed by atoms with van der Waals surface area (Å²) in [7, 11) is 0. The molecular formula is C11H14N2. The fourth-order valence-electron chi connectivity index (χ4n) is 1.60. The zero-order chi connectivity index (χ0) is 9.26. The van der Waals surface area contributed by atoms with Gasteiger partial charge in [-0.2, -0.15) is 0 Å². The monoisotopic (exact) mass is 174 g/mol. The van der Waals surface area contributed by atoms with Crippen LogP contribution in [0, 0.1) is 0 Å². The molecule has 1 unspecified atom stereocenters. The molecule has 0 radical (unpaired) electrons. The molecule has 0 aliphatic heterocycles. The van der Waals surface area contributed by atoms with Gasteiger partial charge in [0.1, 0.15) is 0 Å². The molecule has 0 amide bonds. The minimum atomic E-state index is 0.233. The minimum Gasteiger partial charge on any atom is -0.361 e. The summed E-state index contributed by atoms with van der Waals surface area (Å²) in [6, 6.07) is 8.74. The highest BCUT2D eigenvalue weighted by atomic mass is 14.7. The lowest BCUT2D eigenvalue weighted by Crippen LogP contribution is -2.17. The lowest BCUT2D eigenvalue weighted by atomic mass is 10.1. The van der Waals surface area contributed by atoms with Gasteiger partial charge in [-0.15, -0.1) is 0 Å². The van der Waals surface area contributed by atoms with Crippen molar-refractivity contribution in [3.05, 3.63) is 36.0 Å². The molecule has 13 heavy (non-hydrogen) atoms. The van der Waals surface area contributed by atoms with Crippen molar-refractivity contribution in [3.8, 4) is 0 Å². The lowest BCUT2D eigenvalue weighted by Gasteiger charge is -2.04. The van der Waals surface area contributed by atoms with Crippen molar-refractivity contribution >= 4 is 10.9 Å². The van der Waals surface area contributed by atoms with Crippen molar-refractivity contribution in [3.63, 3.8) is 0 Å². The van der Waals surface area contributed by atoms with Crippen LogP contribution in [0.5, 0.6) is 0 Å². The highest BCUT2D eigenvalue weighted by Gasteiger charge is 1.99. The van der Waals surface area contributed by atoms with Crippen LogP contribution < -0.4 is 5.73 Å². The second-order valence-electron chi connectivity index (χ2n) is 3.58. The van der Waals surface area contributed by atoms with E-state index in [2.05, 4.69) is 29.2 Å². The second-order valence-corrected chi connectivity index (χ2v) is 3.58. The molecule has 1 aromatic carbocycles. The second kappa shape index (κ2) is 3.23. The number of nitrogens with two attached hydrogens (primary N) is 1. The molecule has 0 aliphatic carbocycles. The van der Waals surface area contributed by atoms with Gasteiger partial charge in [-0.05, 0) is 42.5 Å². The van der Waals surface area contributed by atoms with E-state index < -0.39 is 0 Å². The molecule has 0 bridgehead atoms. The Bertz CT molecular complexity index is 401. The summed E-state index contributed by atoms with van der Waals surface area (Å²) in [6.07, 6.45) is 2.90. The van der Waals surface area contributed by atoms with Gasteiger partial charge in [0.25, 0.3) is 0 Å². The van der Waals surface area contributed by atoms with Crippen LogP contribution in [0.1, 0.15) is 12.5 Å². The first-order valence-corrected chi connectivity index (χ1v) is 4.57. The Labute approximate surface area is 77.8 Å². The van der Waals surface area contributed by atoms with Crippen LogP contribution in [-0.4, -0.2) is 11.0 Å². The van der Waals surface area contributed by atoms with Crippen LogP contribution in [0.25, 0.3) is 10.9 Å². The van der Waals surface area contributed by atoms with Crippen molar-refractivity contribution < 1.29 is 0 Å². The molecule has 1 heterocycles. The van der Waals surface area contributed by atoms with Gasteiger partial charge in [0.15, 0.2) is 0 Å². The van der Waals surface area contributed by atoms with Crippen LogP contribution in [0.4, 0.5) is 0 Å². The van der Waals surface area contributed by atoms with E-state index in [4.69, 9.17) is 5.73 Å². The van der Waals surface area contributed by atoms with Crippen LogP contribution in [0.2, 0.25) is 0 Å². The lowest BCUT2D eigenvalue weighted by molar-refractivity contribution is 0.739. The molecule has 1 aromatic heterocycles. The third-order valence-corrected chi connectivity index (χ3v) is 2.18. The molecule has 2 aromatic rings. The van der Waals surface area contributed by atoms with E-state index in [0.29, 0.717) is 0 Å². The van der Waals surface area contributed by atoms with E-state index in [1.165, 1.54) is 16.5 Å². The molecule has 0 aliphatic rings. The molecule has 2 heteroatoms. The third kappa shape index (κ3) is 1.73. The Morgan fingerprint density at radius 1 is 1.38 bits per heavy atom. The largest absolute Gasteiger partial charge is 0.361 e. The van der Waals surface area contributed by atoms with Crippen LogP contribution in [-0.2, 0) is 6.42 Å². The molecule has 0 fully saturated rings. The zero-order valence-electron chi connectivity index (χ0n) is 7.75. The molecule has 0 saturated carbocycles. The maximum atomic E-state index is 5.74. The fourth-order valence-corrected chi connectivity index (χ4v) is 1.60. The van der Waals surface area contributed by atoms with E-state index in [1.54, 1.807) is 0 Å². The predicted molar refractivity (Wildman–Crippen MR) is 55.7 cm³/mol. The number of H-pyrrole nitrogens is 1. The van der Waals surface area contributed by atoms with Crippen molar-refractivity contribution in [1.82, 2.24) is 4.98 Å². The predicted octanol–water partition coefficient (Wildman–Crippen LogP) is 2.06. The van der Waals surface area contributed by atoms with E-state index in [-0.39, 0.29) is 6.04 Å². The smallest absolute Gasteiger partial charge is 0.0454 e. The maximum Gasteiger partial charge on any atom is 0.0454 e. The van der Waals surface area contributed by atoms with Gasteiger partial charge >= 0.3 is 0 Å². The van der Waals surface area contributed by atoms with Gasteiger partial charge in [-0.25, -0.2) is 0 Å². The minimum absolute atomic E-state index is 0.233. The molecule has 2 nitrogen and oxygen atoms in total. The Hall–Kier alpha value is -1.28. The van der Waals surface area contributed by atoms with Gasteiger partial charge in [0.05, 0.1) is 0 Å². The molecule has 0 saturated heterocycles. The van der Waals surface area contributed by atoms with Crippen molar-refractivity contribution in [1.29, 1.82) is 0 Å². The quantitative estimate of drug-likeness (QED) is 0.719. The topological polar surface area (TPSA) is 41.8 Å². The standard InChI is InChI=1S/C11H14N2/c1-8(12)6-9-2-3-11-10(7-9)4-5-13-11/h2-5,7-8,13H,6,12H2,1H3. The van der Waals surface area contributed by atoms with Gasteiger partial charge in [0, 0.05) is 17.8 Å². The highest BCUT2D eigenvalue weighted by Crippen LogP contribution is 2.14. The summed E-state index contributed by atoms with van der Waals surface area (Å²) in [4.78, 5) is 3.17. The van der Waals surface area contributed by atoms with Crippen molar-refractivity contribution in [2.24, 2.45) is 5.73 Å². The van der Waals surface area contributed by atoms with E-state index >= 15 is 0 Å². The Morgan fingerprint density at radius 3 is 3.00 bits per heavy atom. The summed E-state index contributed by atoms with van der Waals surface area (Å²) in [5.41, 5.74) is 8.23. The number of aromatic amines is 1. The normalized spacial score (nSPS) is 13.4.